The maximum absolute atomic E-state index is 9.18. The third-order valence-electron chi connectivity index (χ3n) is 2.98. The molecule has 3 nitrogen and oxygen atoms in total. The van der Waals surface area contributed by atoms with E-state index in [1.165, 1.54) is 0 Å². The van der Waals surface area contributed by atoms with Gasteiger partial charge in [0, 0.05) is 10.9 Å². The van der Waals surface area contributed by atoms with Crippen molar-refractivity contribution in [1.82, 2.24) is 9.78 Å². The van der Waals surface area contributed by atoms with Crippen LogP contribution in [0.25, 0.3) is 5.69 Å². The maximum atomic E-state index is 9.18. The van der Waals surface area contributed by atoms with Crippen molar-refractivity contribution in [1.29, 1.82) is 5.26 Å². The van der Waals surface area contributed by atoms with E-state index < -0.39 is 0 Å². The SMILES string of the molecule is N#Cc1c(C2CC2)nn(-c2cccc(Cl)c2)c1Cl. The Labute approximate surface area is 115 Å². The van der Waals surface area contributed by atoms with E-state index in [1.807, 2.05) is 12.1 Å². The topological polar surface area (TPSA) is 41.6 Å². The van der Waals surface area contributed by atoms with Gasteiger partial charge in [0.2, 0.25) is 0 Å². The second-order valence-electron chi connectivity index (χ2n) is 4.33. The van der Waals surface area contributed by atoms with Gasteiger partial charge < -0.3 is 0 Å². The predicted molar refractivity (Wildman–Crippen MR) is 70.3 cm³/mol. The predicted octanol–water partition coefficient (Wildman–Crippen LogP) is 3.93. The van der Waals surface area contributed by atoms with Gasteiger partial charge in [-0.25, -0.2) is 4.68 Å². The second kappa shape index (κ2) is 4.31. The van der Waals surface area contributed by atoms with Gasteiger partial charge in [-0.3, -0.25) is 0 Å². The number of rotatable bonds is 2. The Hall–Kier alpha value is -1.50. The average molecular weight is 278 g/mol. The fourth-order valence-corrected chi connectivity index (χ4v) is 2.40. The van der Waals surface area contributed by atoms with Gasteiger partial charge >= 0.3 is 0 Å². The molecule has 1 aliphatic carbocycles. The van der Waals surface area contributed by atoms with Crippen LogP contribution in [0, 0.1) is 11.3 Å². The van der Waals surface area contributed by atoms with E-state index in [0.717, 1.165) is 24.2 Å². The van der Waals surface area contributed by atoms with Crippen LogP contribution in [0.5, 0.6) is 0 Å². The van der Waals surface area contributed by atoms with Crippen LogP contribution in [0.3, 0.4) is 0 Å². The zero-order chi connectivity index (χ0) is 12.7. The Bertz CT molecular complexity index is 651. The van der Waals surface area contributed by atoms with E-state index in [2.05, 4.69) is 11.2 Å². The highest BCUT2D eigenvalue weighted by molar-refractivity contribution is 6.31. The summed E-state index contributed by atoms with van der Waals surface area (Å²) in [5.74, 6) is 0.387. The van der Waals surface area contributed by atoms with Crippen LogP contribution in [0.1, 0.15) is 30.0 Å². The van der Waals surface area contributed by atoms with Crippen molar-refractivity contribution in [3.8, 4) is 11.8 Å². The average Bonchev–Trinajstić information content (AvgIpc) is 3.13. The zero-order valence-corrected chi connectivity index (χ0v) is 10.9. The number of benzene rings is 1. The molecule has 1 aromatic heterocycles. The van der Waals surface area contributed by atoms with Crippen LogP contribution in [0.15, 0.2) is 24.3 Å². The van der Waals surface area contributed by atoms with Gasteiger partial charge in [0.15, 0.2) is 5.15 Å². The lowest BCUT2D eigenvalue weighted by atomic mass is 10.2. The molecule has 0 saturated heterocycles. The lowest BCUT2D eigenvalue weighted by Gasteiger charge is -2.02. The van der Waals surface area contributed by atoms with Crippen LogP contribution in [-0.4, -0.2) is 9.78 Å². The Balaban J connectivity index is 2.16. The van der Waals surface area contributed by atoms with Gasteiger partial charge in [0.1, 0.15) is 11.6 Å². The zero-order valence-electron chi connectivity index (χ0n) is 9.40. The third-order valence-corrected chi connectivity index (χ3v) is 3.57. The van der Waals surface area contributed by atoms with E-state index in [9.17, 15) is 5.26 Å². The molecular weight excluding hydrogens is 269 g/mol. The van der Waals surface area contributed by atoms with Gasteiger partial charge in [-0.1, -0.05) is 29.3 Å². The molecular formula is C13H9Cl2N3. The molecule has 0 spiro atoms. The van der Waals surface area contributed by atoms with Crippen molar-refractivity contribution in [3.05, 3.63) is 45.7 Å². The first kappa shape index (κ1) is 11.6. The molecule has 1 aromatic carbocycles. The van der Waals surface area contributed by atoms with Crippen molar-refractivity contribution in [2.45, 2.75) is 18.8 Å². The molecule has 1 saturated carbocycles. The molecule has 1 heterocycles. The lowest BCUT2D eigenvalue weighted by Crippen LogP contribution is -1.96. The summed E-state index contributed by atoms with van der Waals surface area (Å²) in [6.45, 7) is 0. The Morgan fingerprint density at radius 1 is 1.33 bits per heavy atom. The van der Waals surface area contributed by atoms with Gasteiger partial charge in [0.05, 0.1) is 11.4 Å². The minimum absolute atomic E-state index is 0.363. The van der Waals surface area contributed by atoms with Crippen molar-refractivity contribution in [2.75, 3.05) is 0 Å². The summed E-state index contributed by atoms with van der Waals surface area (Å²) in [5, 5.41) is 14.6. The smallest absolute Gasteiger partial charge is 0.150 e. The molecule has 5 heteroatoms. The standard InChI is InChI=1S/C13H9Cl2N3/c14-9-2-1-3-10(6-9)18-13(15)11(7-16)12(17-18)8-4-5-8/h1-3,6,8H,4-5H2. The first-order valence-corrected chi connectivity index (χ1v) is 6.40. The minimum atomic E-state index is 0.363. The molecule has 3 rings (SSSR count). The number of nitriles is 1. The largest absolute Gasteiger partial charge is 0.220 e. The highest BCUT2D eigenvalue weighted by atomic mass is 35.5. The van der Waals surface area contributed by atoms with Crippen molar-refractivity contribution in [3.63, 3.8) is 0 Å². The number of nitrogens with zero attached hydrogens (tertiary/aromatic N) is 3. The molecule has 2 aromatic rings. The molecule has 0 amide bonds. The Kier molecular flexibility index (Phi) is 2.77. The van der Waals surface area contributed by atoms with Gasteiger partial charge in [0.25, 0.3) is 0 Å². The molecule has 0 aliphatic heterocycles. The summed E-state index contributed by atoms with van der Waals surface area (Å²) in [6, 6.07) is 9.40. The monoisotopic (exact) mass is 277 g/mol. The maximum Gasteiger partial charge on any atom is 0.150 e. The fourth-order valence-electron chi connectivity index (χ4n) is 1.94. The summed E-state index contributed by atoms with van der Waals surface area (Å²) in [4.78, 5) is 0. The summed E-state index contributed by atoms with van der Waals surface area (Å²) < 4.78 is 1.58. The normalized spacial score (nSPS) is 14.5. The first-order valence-electron chi connectivity index (χ1n) is 5.65. The van der Waals surface area contributed by atoms with E-state index >= 15 is 0 Å². The van der Waals surface area contributed by atoms with Crippen LogP contribution in [0.4, 0.5) is 0 Å². The summed E-state index contributed by atoms with van der Waals surface area (Å²) in [6.07, 6.45) is 2.16. The first-order chi connectivity index (χ1) is 8.70. The van der Waals surface area contributed by atoms with Crippen molar-refractivity contribution >= 4 is 23.2 Å². The van der Waals surface area contributed by atoms with Gasteiger partial charge in [-0.15, -0.1) is 0 Å². The Morgan fingerprint density at radius 3 is 2.72 bits per heavy atom. The molecule has 1 aliphatic rings. The number of aromatic nitrogens is 2. The van der Waals surface area contributed by atoms with E-state index in [4.69, 9.17) is 23.2 Å². The highest BCUT2D eigenvalue weighted by Crippen LogP contribution is 2.42. The number of hydrogen-bond donors (Lipinski definition) is 0. The second-order valence-corrected chi connectivity index (χ2v) is 5.12. The van der Waals surface area contributed by atoms with E-state index in [-0.39, 0.29) is 0 Å². The lowest BCUT2D eigenvalue weighted by molar-refractivity contribution is 0.838. The van der Waals surface area contributed by atoms with E-state index in [0.29, 0.717) is 21.7 Å². The highest BCUT2D eigenvalue weighted by Gasteiger charge is 2.31. The van der Waals surface area contributed by atoms with Crippen molar-refractivity contribution < 1.29 is 0 Å². The number of halogens is 2. The minimum Gasteiger partial charge on any atom is -0.220 e. The van der Waals surface area contributed by atoms with Crippen molar-refractivity contribution in [2.24, 2.45) is 0 Å². The summed E-state index contributed by atoms with van der Waals surface area (Å²) in [5.41, 5.74) is 2.07. The molecule has 0 atom stereocenters. The molecule has 18 heavy (non-hydrogen) atoms. The number of hydrogen-bond acceptors (Lipinski definition) is 2. The molecule has 0 unspecified atom stereocenters. The Morgan fingerprint density at radius 2 is 2.11 bits per heavy atom. The fraction of sp³-hybridized carbons (Fsp3) is 0.231. The van der Waals surface area contributed by atoms with Crippen LogP contribution in [-0.2, 0) is 0 Å². The van der Waals surface area contributed by atoms with Crippen LogP contribution < -0.4 is 0 Å². The van der Waals surface area contributed by atoms with Gasteiger partial charge in [-0.2, -0.15) is 10.4 Å². The van der Waals surface area contributed by atoms with Gasteiger partial charge in [-0.05, 0) is 31.0 Å². The summed E-state index contributed by atoms with van der Waals surface area (Å²) >= 11 is 12.2. The quantitative estimate of drug-likeness (QED) is 0.835. The van der Waals surface area contributed by atoms with E-state index in [1.54, 1.807) is 16.8 Å². The molecule has 1 fully saturated rings. The van der Waals surface area contributed by atoms with Crippen LogP contribution >= 0.6 is 23.2 Å². The summed E-state index contributed by atoms with van der Waals surface area (Å²) in [7, 11) is 0. The molecule has 90 valence electrons. The van der Waals surface area contributed by atoms with Crippen LogP contribution in [0.2, 0.25) is 10.2 Å². The molecule has 0 N–H and O–H groups in total. The molecule has 0 bridgehead atoms. The third kappa shape index (κ3) is 1.88. The molecule has 0 radical (unpaired) electrons.